The molecule has 2 aromatic rings. The first-order chi connectivity index (χ1) is 12.4. The van der Waals surface area contributed by atoms with Gasteiger partial charge in [0.05, 0.1) is 29.4 Å². The van der Waals surface area contributed by atoms with Gasteiger partial charge in [0.1, 0.15) is 0 Å². The van der Waals surface area contributed by atoms with Crippen LogP contribution in [-0.4, -0.2) is 45.5 Å². The normalized spacial score (nSPS) is 14.9. The molecule has 1 saturated heterocycles. The van der Waals surface area contributed by atoms with Gasteiger partial charge in [-0.05, 0) is 42.8 Å². The first-order valence-corrected chi connectivity index (χ1v) is 9.99. The van der Waals surface area contributed by atoms with Crippen LogP contribution >= 0.6 is 11.6 Å². The van der Waals surface area contributed by atoms with E-state index in [4.69, 9.17) is 16.3 Å². The molecule has 0 radical (unpaired) electrons. The fraction of sp³-hybridized carbons (Fsp3) is 0.278. The molecule has 1 N–H and O–H groups in total. The molecule has 0 spiro atoms. The number of hydrogen-bond donors (Lipinski definition) is 1. The summed E-state index contributed by atoms with van der Waals surface area (Å²) in [6, 6.07) is 11.1. The lowest BCUT2D eigenvalue weighted by atomic mass is 10.1. The fourth-order valence-electron chi connectivity index (χ4n) is 2.71. The van der Waals surface area contributed by atoms with Crippen molar-refractivity contribution in [2.24, 2.45) is 0 Å². The molecule has 1 amide bonds. The van der Waals surface area contributed by atoms with Gasteiger partial charge in [0.2, 0.25) is 0 Å². The van der Waals surface area contributed by atoms with Crippen molar-refractivity contribution >= 4 is 33.2 Å². The molecule has 1 aliphatic heterocycles. The second-order valence-corrected chi connectivity index (χ2v) is 8.14. The number of carbonyl (C=O) groups is 1. The maximum Gasteiger partial charge on any atom is 0.261 e. The summed E-state index contributed by atoms with van der Waals surface area (Å²) in [6.45, 7) is 3.63. The highest BCUT2D eigenvalue weighted by atomic mass is 35.5. The van der Waals surface area contributed by atoms with Gasteiger partial charge in [0, 0.05) is 18.1 Å². The number of morpholine rings is 1. The van der Waals surface area contributed by atoms with Crippen molar-refractivity contribution in [2.45, 2.75) is 11.8 Å². The van der Waals surface area contributed by atoms with Crippen LogP contribution in [0.3, 0.4) is 0 Å². The van der Waals surface area contributed by atoms with E-state index in [1.165, 1.54) is 18.2 Å². The Labute approximate surface area is 157 Å². The second-order valence-electron chi connectivity index (χ2n) is 6.02. The molecular formula is C18H19ClN2O4S. The summed E-state index contributed by atoms with van der Waals surface area (Å²) >= 11 is 6.04. The van der Waals surface area contributed by atoms with Crippen LogP contribution in [0.15, 0.2) is 47.4 Å². The SMILES string of the molecule is Cc1cccc(S(=O)(=O)Nc2ccc(Cl)cc2C(=O)N2CCOCC2)c1. The molecule has 8 heteroatoms. The van der Waals surface area contributed by atoms with Crippen molar-refractivity contribution in [1.29, 1.82) is 0 Å². The first kappa shape index (κ1) is 18.7. The van der Waals surface area contributed by atoms with Crippen molar-refractivity contribution in [3.8, 4) is 0 Å². The summed E-state index contributed by atoms with van der Waals surface area (Å²) in [5.41, 5.74) is 1.25. The second kappa shape index (κ2) is 7.65. The highest BCUT2D eigenvalue weighted by Crippen LogP contribution is 2.25. The molecule has 0 aliphatic carbocycles. The van der Waals surface area contributed by atoms with Crippen LogP contribution in [0.5, 0.6) is 0 Å². The molecule has 3 rings (SSSR count). The zero-order valence-electron chi connectivity index (χ0n) is 14.2. The van der Waals surface area contributed by atoms with E-state index in [0.29, 0.717) is 31.3 Å². The summed E-state index contributed by atoms with van der Waals surface area (Å²) in [5.74, 6) is -0.280. The van der Waals surface area contributed by atoms with Crippen LogP contribution < -0.4 is 4.72 Å². The van der Waals surface area contributed by atoms with Crippen LogP contribution in [0.4, 0.5) is 5.69 Å². The van der Waals surface area contributed by atoms with Gasteiger partial charge in [-0.15, -0.1) is 0 Å². The Bertz CT molecular complexity index is 925. The third kappa shape index (κ3) is 4.17. The summed E-state index contributed by atoms with van der Waals surface area (Å²) in [6.07, 6.45) is 0. The minimum atomic E-state index is -3.82. The number of anilines is 1. The molecule has 0 atom stereocenters. The zero-order chi connectivity index (χ0) is 18.7. The number of halogens is 1. The van der Waals surface area contributed by atoms with E-state index >= 15 is 0 Å². The molecule has 138 valence electrons. The average molecular weight is 395 g/mol. The monoisotopic (exact) mass is 394 g/mol. The van der Waals surface area contributed by atoms with Crippen LogP contribution in [0.1, 0.15) is 15.9 Å². The van der Waals surface area contributed by atoms with Crippen molar-refractivity contribution in [3.05, 3.63) is 58.6 Å². The highest BCUT2D eigenvalue weighted by molar-refractivity contribution is 7.92. The van der Waals surface area contributed by atoms with Gasteiger partial charge in [-0.3, -0.25) is 9.52 Å². The lowest BCUT2D eigenvalue weighted by molar-refractivity contribution is 0.0303. The molecule has 0 saturated carbocycles. The van der Waals surface area contributed by atoms with Gasteiger partial charge in [-0.25, -0.2) is 8.42 Å². The first-order valence-electron chi connectivity index (χ1n) is 8.13. The molecule has 0 bridgehead atoms. The van der Waals surface area contributed by atoms with Crippen molar-refractivity contribution < 1.29 is 17.9 Å². The minimum absolute atomic E-state index is 0.136. The Hall–Kier alpha value is -2.09. The third-order valence-corrected chi connectivity index (χ3v) is 5.65. The van der Waals surface area contributed by atoms with E-state index in [1.807, 2.05) is 13.0 Å². The van der Waals surface area contributed by atoms with Gasteiger partial charge < -0.3 is 9.64 Å². The maximum absolute atomic E-state index is 12.8. The number of sulfonamides is 1. The van der Waals surface area contributed by atoms with Gasteiger partial charge in [-0.2, -0.15) is 0 Å². The van der Waals surface area contributed by atoms with E-state index < -0.39 is 10.0 Å². The lowest BCUT2D eigenvalue weighted by Gasteiger charge is -2.27. The predicted molar refractivity (Wildman–Crippen MR) is 100 cm³/mol. The molecule has 1 heterocycles. The number of nitrogens with zero attached hydrogens (tertiary/aromatic N) is 1. The van der Waals surface area contributed by atoms with Crippen molar-refractivity contribution in [1.82, 2.24) is 4.90 Å². The van der Waals surface area contributed by atoms with E-state index in [-0.39, 0.29) is 22.1 Å². The molecule has 1 aliphatic rings. The topological polar surface area (TPSA) is 75.7 Å². The number of aryl methyl sites for hydroxylation is 1. The highest BCUT2D eigenvalue weighted by Gasteiger charge is 2.24. The molecule has 0 aromatic heterocycles. The largest absolute Gasteiger partial charge is 0.378 e. The van der Waals surface area contributed by atoms with E-state index in [9.17, 15) is 13.2 Å². The van der Waals surface area contributed by atoms with E-state index in [1.54, 1.807) is 23.1 Å². The van der Waals surface area contributed by atoms with Gasteiger partial charge >= 0.3 is 0 Å². The number of nitrogens with one attached hydrogen (secondary N) is 1. The van der Waals surface area contributed by atoms with Crippen LogP contribution in [0, 0.1) is 6.92 Å². The molecular weight excluding hydrogens is 376 g/mol. The number of rotatable bonds is 4. The molecule has 1 fully saturated rings. The van der Waals surface area contributed by atoms with Gasteiger partial charge in [0.25, 0.3) is 15.9 Å². The van der Waals surface area contributed by atoms with E-state index in [0.717, 1.165) is 5.56 Å². The summed E-state index contributed by atoms with van der Waals surface area (Å²) in [5, 5.41) is 0.361. The zero-order valence-corrected chi connectivity index (χ0v) is 15.8. The summed E-state index contributed by atoms with van der Waals surface area (Å²) < 4.78 is 33.2. The smallest absolute Gasteiger partial charge is 0.261 e. The molecule has 0 unspecified atom stereocenters. The summed E-state index contributed by atoms with van der Waals surface area (Å²) in [7, 11) is -3.82. The number of benzene rings is 2. The van der Waals surface area contributed by atoms with Crippen LogP contribution in [0.25, 0.3) is 0 Å². The average Bonchev–Trinajstić information content (AvgIpc) is 2.63. The Balaban J connectivity index is 1.94. The molecule has 26 heavy (non-hydrogen) atoms. The molecule has 2 aromatic carbocycles. The van der Waals surface area contributed by atoms with E-state index in [2.05, 4.69) is 4.72 Å². The Morgan fingerprint density at radius 1 is 1.15 bits per heavy atom. The molecule has 6 nitrogen and oxygen atoms in total. The fourth-order valence-corrected chi connectivity index (χ4v) is 4.06. The standard InChI is InChI=1S/C18H19ClN2O4S/c1-13-3-2-4-15(11-13)26(23,24)20-17-6-5-14(19)12-16(17)18(22)21-7-9-25-10-8-21/h2-6,11-12,20H,7-10H2,1H3. The Morgan fingerprint density at radius 2 is 1.88 bits per heavy atom. The number of amides is 1. The minimum Gasteiger partial charge on any atom is -0.378 e. The maximum atomic E-state index is 12.8. The van der Waals surface area contributed by atoms with Crippen LogP contribution in [-0.2, 0) is 14.8 Å². The predicted octanol–water partition coefficient (Wildman–Crippen LogP) is 2.92. The Kier molecular flexibility index (Phi) is 5.50. The van der Waals surface area contributed by atoms with Gasteiger partial charge in [0.15, 0.2) is 0 Å². The van der Waals surface area contributed by atoms with Crippen molar-refractivity contribution in [3.63, 3.8) is 0 Å². The van der Waals surface area contributed by atoms with Gasteiger partial charge in [-0.1, -0.05) is 23.7 Å². The number of carbonyl (C=O) groups excluding carboxylic acids is 1. The lowest BCUT2D eigenvalue weighted by Crippen LogP contribution is -2.41. The Morgan fingerprint density at radius 3 is 2.58 bits per heavy atom. The quantitative estimate of drug-likeness (QED) is 0.865. The third-order valence-electron chi connectivity index (χ3n) is 4.05. The van der Waals surface area contributed by atoms with Crippen LogP contribution in [0.2, 0.25) is 5.02 Å². The van der Waals surface area contributed by atoms with Crippen molar-refractivity contribution in [2.75, 3.05) is 31.0 Å². The summed E-state index contributed by atoms with van der Waals surface area (Å²) in [4.78, 5) is 14.6. The number of hydrogen-bond acceptors (Lipinski definition) is 4. The number of ether oxygens (including phenoxy) is 1.